The van der Waals surface area contributed by atoms with Crippen LogP contribution in [0.25, 0.3) is 0 Å². The van der Waals surface area contributed by atoms with Gasteiger partial charge in [0.05, 0.1) is 12.6 Å². The van der Waals surface area contributed by atoms with E-state index < -0.39 is 10.7 Å². The molecule has 0 amide bonds. The Hall–Kier alpha value is -3.27. The third kappa shape index (κ3) is 4.77. The van der Waals surface area contributed by atoms with Crippen LogP contribution in [0.2, 0.25) is 0 Å². The first-order chi connectivity index (χ1) is 13.6. The van der Waals surface area contributed by atoms with E-state index in [1.165, 1.54) is 6.07 Å². The highest BCUT2D eigenvalue weighted by molar-refractivity contribution is 5.85. The topological polar surface area (TPSA) is 130 Å². The average molecular weight is 422 g/mol. The number of H-pyrrole nitrogens is 1. The molecule has 1 saturated heterocycles. The number of hydrogen-bond acceptors (Lipinski definition) is 8. The van der Waals surface area contributed by atoms with Gasteiger partial charge in [0.15, 0.2) is 0 Å². The number of nitrogens with one attached hydrogen (secondary N) is 2. The van der Waals surface area contributed by atoms with Crippen molar-refractivity contribution < 1.29 is 13.8 Å². The van der Waals surface area contributed by atoms with Gasteiger partial charge in [-0.3, -0.25) is 10.1 Å². The normalized spacial score (nSPS) is 14.4. The monoisotopic (exact) mass is 421 g/mol. The first-order valence-corrected chi connectivity index (χ1v) is 8.96. The molecule has 2 aromatic heterocycles. The summed E-state index contributed by atoms with van der Waals surface area (Å²) in [5.41, 5.74) is 2.01. The van der Waals surface area contributed by atoms with Gasteiger partial charge in [-0.05, 0) is 43.2 Å². The Balaban J connectivity index is 0.00000240. The maximum Gasteiger partial charge on any atom is 0.434 e. The van der Waals surface area contributed by atoms with E-state index in [1.54, 1.807) is 6.07 Å². The number of rotatable bonds is 6. The van der Waals surface area contributed by atoms with Crippen LogP contribution in [0.4, 0.5) is 17.3 Å². The molecule has 0 saturated carbocycles. The molecular formula is C18H20ClN5O5. The molecule has 0 atom stereocenters. The van der Waals surface area contributed by atoms with Crippen LogP contribution in [0.15, 0.2) is 50.0 Å². The third-order valence-corrected chi connectivity index (χ3v) is 4.83. The highest BCUT2D eigenvalue weighted by Crippen LogP contribution is 2.29. The number of piperidine rings is 1. The lowest BCUT2D eigenvalue weighted by molar-refractivity contribution is -0.402. The zero-order valence-electron chi connectivity index (χ0n) is 15.4. The Labute approximate surface area is 171 Å². The van der Waals surface area contributed by atoms with Crippen LogP contribution in [0.3, 0.4) is 0 Å². The number of aromatic amines is 1. The van der Waals surface area contributed by atoms with Crippen molar-refractivity contribution >= 4 is 29.7 Å². The second kappa shape index (κ2) is 8.82. The van der Waals surface area contributed by atoms with Crippen molar-refractivity contribution in [2.24, 2.45) is 0 Å². The van der Waals surface area contributed by atoms with Gasteiger partial charge in [0.1, 0.15) is 10.7 Å². The number of nitro groups is 1. The van der Waals surface area contributed by atoms with Crippen molar-refractivity contribution in [1.82, 2.24) is 10.2 Å². The minimum absolute atomic E-state index is 0. The summed E-state index contributed by atoms with van der Waals surface area (Å²) in [5.74, 6) is 0.382. The zero-order chi connectivity index (χ0) is 19.5. The number of hydrogen-bond donors (Lipinski definition) is 2. The Morgan fingerprint density at radius 2 is 1.90 bits per heavy atom. The predicted octanol–water partition coefficient (Wildman–Crippen LogP) is 3.28. The lowest BCUT2D eigenvalue weighted by Gasteiger charge is -2.32. The van der Waals surface area contributed by atoms with E-state index in [0.29, 0.717) is 18.2 Å². The van der Waals surface area contributed by atoms with Gasteiger partial charge in [0.2, 0.25) is 5.89 Å². The average Bonchev–Trinajstić information content (AvgIpc) is 3.36. The van der Waals surface area contributed by atoms with Gasteiger partial charge in [-0.1, -0.05) is 0 Å². The molecule has 0 radical (unpaired) electrons. The Bertz CT molecular complexity index is 1000. The fourth-order valence-electron chi connectivity index (χ4n) is 3.34. The van der Waals surface area contributed by atoms with Gasteiger partial charge in [0.25, 0.3) is 0 Å². The SMILES string of the molecule is Cl.O=c1[nH]nc(C2CCN(c3ccc(NCc4ccc([N+](=O)[O-])o4)cc3)CC2)o1. The van der Waals surface area contributed by atoms with E-state index >= 15 is 0 Å². The van der Waals surface area contributed by atoms with E-state index in [1.807, 2.05) is 24.3 Å². The van der Waals surface area contributed by atoms with Gasteiger partial charge in [0, 0.05) is 30.4 Å². The van der Waals surface area contributed by atoms with Gasteiger partial charge in [-0.25, -0.2) is 9.89 Å². The molecule has 2 N–H and O–H groups in total. The highest BCUT2D eigenvalue weighted by Gasteiger charge is 2.24. The molecule has 4 rings (SSSR count). The van der Waals surface area contributed by atoms with Crippen LogP contribution in [0.5, 0.6) is 0 Å². The molecule has 1 aliphatic rings. The third-order valence-electron chi connectivity index (χ3n) is 4.83. The first-order valence-electron chi connectivity index (χ1n) is 8.96. The summed E-state index contributed by atoms with van der Waals surface area (Å²) in [7, 11) is 0. The van der Waals surface area contributed by atoms with Crippen molar-refractivity contribution in [1.29, 1.82) is 0 Å². The summed E-state index contributed by atoms with van der Waals surface area (Å²) in [6.45, 7) is 2.07. The second-order valence-electron chi connectivity index (χ2n) is 6.61. The van der Waals surface area contributed by atoms with E-state index in [9.17, 15) is 14.9 Å². The molecule has 1 aromatic carbocycles. The van der Waals surface area contributed by atoms with E-state index in [4.69, 9.17) is 8.83 Å². The van der Waals surface area contributed by atoms with Gasteiger partial charge < -0.3 is 19.1 Å². The summed E-state index contributed by atoms with van der Waals surface area (Å²) in [5, 5.41) is 20.1. The van der Waals surface area contributed by atoms with E-state index in [-0.39, 0.29) is 24.2 Å². The summed E-state index contributed by atoms with van der Waals surface area (Å²) in [6.07, 6.45) is 1.73. The number of halogens is 1. The van der Waals surface area contributed by atoms with Crippen LogP contribution in [-0.2, 0) is 6.54 Å². The van der Waals surface area contributed by atoms with Crippen molar-refractivity contribution in [3.8, 4) is 0 Å². The van der Waals surface area contributed by atoms with E-state index in [0.717, 1.165) is 37.3 Å². The van der Waals surface area contributed by atoms with E-state index in [2.05, 4.69) is 20.4 Å². The minimum atomic E-state index is -0.554. The molecule has 10 nitrogen and oxygen atoms in total. The zero-order valence-corrected chi connectivity index (χ0v) is 16.2. The maximum atomic E-state index is 11.1. The lowest BCUT2D eigenvalue weighted by Crippen LogP contribution is -2.32. The van der Waals surface area contributed by atoms with Crippen LogP contribution in [0.1, 0.15) is 30.4 Å². The van der Waals surface area contributed by atoms with Gasteiger partial charge in [-0.15, -0.1) is 17.5 Å². The quantitative estimate of drug-likeness (QED) is 0.458. The molecule has 154 valence electrons. The minimum Gasteiger partial charge on any atom is -0.404 e. The van der Waals surface area contributed by atoms with Crippen LogP contribution in [-0.4, -0.2) is 28.2 Å². The number of aromatic nitrogens is 2. The predicted molar refractivity (Wildman–Crippen MR) is 108 cm³/mol. The molecule has 0 bridgehead atoms. The molecule has 0 unspecified atom stereocenters. The molecule has 1 fully saturated rings. The molecule has 29 heavy (non-hydrogen) atoms. The Morgan fingerprint density at radius 3 is 2.48 bits per heavy atom. The summed E-state index contributed by atoms with van der Waals surface area (Å²) >= 11 is 0. The molecule has 3 heterocycles. The molecule has 0 spiro atoms. The fourth-order valence-corrected chi connectivity index (χ4v) is 3.34. The summed E-state index contributed by atoms with van der Waals surface area (Å²) < 4.78 is 10.2. The Kier molecular flexibility index (Phi) is 6.23. The van der Waals surface area contributed by atoms with Crippen molar-refractivity contribution in [3.63, 3.8) is 0 Å². The van der Waals surface area contributed by atoms with Gasteiger partial charge in [-0.2, -0.15) is 0 Å². The van der Waals surface area contributed by atoms with Crippen LogP contribution < -0.4 is 16.0 Å². The maximum absolute atomic E-state index is 11.1. The molecule has 0 aliphatic carbocycles. The molecular weight excluding hydrogens is 402 g/mol. The van der Waals surface area contributed by atoms with Crippen molar-refractivity contribution in [2.75, 3.05) is 23.3 Å². The van der Waals surface area contributed by atoms with Crippen molar-refractivity contribution in [2.45, 2.75) is 25.3 Å². The Morgan fingerprint density at radius 1 is 1.17 bits per heavy atom. The number of nitrogens with zero attached hydrogens (tertiary/aromatic N) is 3. The summed E-state index contributed by atoms with van der Waals surface area (Å²) in [4.78, 5) is 23.5. The highest BCUT2D eigenvalue weighted by atomic mass is 35.5. The molecule has 1 aliphatic heterocycles. The lowest BCUT2D eigenvalue weighted by atomic mass is 9.96. The van der Waals surface area contributed by atoms with Crippen LogP contribution in [0, 0.1) is 10.1 Å². The van der Waals surface area contributed by atoms with Crippen molar-refractivity contribution in [3.05, 3.63) is 68.7 Å². The fraction of sp³-hybridized carbons (Fsp3) is 0.333. The molecule has 11 heteroatoms. The largest absolute Gasteiger partial charge is 0.434 e. The standard InChI is InChI=1S/C18H19N5O5.ClH/c24-18-21-20-17(28-18)12-7-9-22(10-8-12)14-3-1-13(2-4-14)19-11-15-5-6-16(27-15)23(25)26;/h1-6,12,19H,7-11H2,(H,21,24);1H. The smallest absolute Gasteiger partial charge is 0.404 e. The van der Waals surface area contributed by atoms with Gasteiger partial charge >= 0.3 is 11.6 Å². The number of furan rings is 1. The first kappa shape index (κ1) is 20.5. The summed E-state index contributed by atoms with van der Waals surface area (Å²) in [6, 6.07) is 10.9. The second-order valence-corrected chi connectivity index (χ2v) is 6.61. The number of anilines is 2. The van der Waals surface area contributed by atoms with Crippen LogP contribution >= 0.6 is 12.4 Å². The number of benzene rings is 1. The molecule has 3 aromatic rings.